The lowest BCUT2D eigenvalue weighted by Gasteiger charge is -2.19. The van der Waals surface area contributed by atoms with Gasteiger partial charge in [-0.15, -0.1) is 0 Å². The number of anilines is 1. The lowest BCUT2D eigenvalue weighted by atomic mass is 10.0. The molecular weight excluding hydrogens is 304 g/mol. The number of hydrogen-bond donors (Lipinski definition) is 2. The topological polar surface area (TPSA) is 59.6 Å². The fourth-order valence-corrected chi connectivity index (χ4v) is 2.68. The van der Waals surface area contributed by atoms with Crippen molar-refractivity contribution in [2.45, 2.75) is 45.8 Å². The van der Waals surface area contributed by atoms with Crippen LogP contribution in [-0.2, 0) is 16.1 Å². The highest BCUT2D eigenvalue weighted by Gasteiger charge is 2.13. The molecule has 2 amide bonds. The second-order valence-electron chi connectivity index (χ2n) is 5.90. The van der Waals surface area contributed by atoms with Gasteiger partial charge < -0.3 is 20.1 Å². The molecule has 5 nitrogen and oxygen atoms in total. The normalized spacial score (nSPS) is 16.8. The zero-order valence-corrected chi connectivity index (χ0v) is 14.6. The molecule has 2 N–H and O–H groups in total. The summed E-state index contributed by atoms with van der Waals surface area (Å²) in [7, 11) is 0. The van der Waals surface area contributed by atoms with E-state index in [-0.39, 0.29) is 12.1 Å². The molecule has 24 heavy (non-hydrogen) atoms. The summed E-state index contributed by atoms with van der Waals surface area (Å²) >= 11 is 0. The Morgan fingerprint density at radius 2 is 2.12 bits per heavy atom. The molecule has 0 fully saturated rings. The van der Waals surface area contributed by atoms with Crippen molar-refractivity contribution in [3.05, 3.63) is 41.5 Å². The first-order valence-electron chi connectivity index (χ1n) is 8.69. The Morgan fingerprint density at radius 1 is 1.29 bits per heavy atom. The Bertz CT molecular complexity index is 558. The smallest absolute Gasteiger partial charge is 0.319 e. The minimum Gasteiger partial charge on any atom is -0.379 e. The molecule has 0 unspecified atom stereocenters. The molecule has 0 heterocycles. The fourth-order valence-electron chi connectivity index (χ4n) is 2.68. The molecule has 0 saturated heterocycles. The first kappa shape index (κ1) is 18.5. The molecule has 0 saturated carbocycles. The van der Waals surface area contributed by atoms with Gasteiger partial charge in [-0.05, 0) is 50.3 Å². The first-order valence-corrected chi connectivity index (χ1v) is 8.69. The van der Waals surface area contributed by atoms with Gasteiger partial charge in [0, 0.05) is 18.3 Å². The van der Waals surface area contributed by atoms with E-state index in [4.69, 9.17) is 9.47 Å². The zero-order chi connectivity index (χ0) is 17.2. The minimum atomic E-state index is -0.163. The van der Waals surface area contributed by atoms with E-state index in [9.17, 15) is 4.79 Å². The predicted molar refractivity (Wildman–Crippen MR) is 96.3 cm³/mol. The molecule has 2 rings (SSSR count). The van der Waals surface area contributed by atoms with E-state index in [0.29, 0.717) is 26.4 Å². The van der Waals surface area contributed by atoms with Crippen LogP contribution in [0.4, 0.5) is 10.5 Å². The number of benzene rings is 1. The molecule has 1 atom stereocenters. The summed E-state index contributed by atoms with van der Waals surface area (Å²) in [5.74, 6) is 0. The Labute approximate surface area is 144 Å². The van der Waals surface area contributed by atoms with Crippen molar-refractivity contribution in [2.24, 2.45) is 0 Å². The monoisotopic (exact) mass is 332 g/mol. The average molecular weight is 332 g/mol. The molecule has 0 aromatic heterocycles. The molecule has 1 aromatic carbocycles. The number of allylic oxidation sites excluding steroid dienone is 1. The number of carbonyl (C=O) groups excluding carboxylic acids is 1. The van der Waals surface area contributed by atoms with Crippen LogP contribution in [0.1, 0.15) is 37.3 Å². The third-order valence-electron chi connectivity index (χ3n) is 4.10. The van der Waals surface area contributed by atoms with E-state index in [1.54, 1.807) is 0 Å². The van der Waals surface area contributed by atoms with E-state index in [1.807, 2.05) is 32.0 Å². The van der Waals surface area contributed by atoms with Gasteiger partial charge in [-0.2, -0.15) is 0 Å². The lowest BCUT2D eigenvalue weighted by molar-refractivity contribution is 0.0451. The first-order chi connectivity index (χ1) is 11.7. The van der Waals surface area contributed by atoms with Crippen LogP contribution in [0, 0.1) is 6.92 Å². The van der Waals surface area contributed by atoms with Crippen molar-refractivity contribution < 1.29 is 14.3 Å². The molecule has 0 spiro atoms. The molecule has 1 aliphatic carbocycles. The minimum absolute atomic E-state index is 0.129. The van der Waals surface area contributed by atoms with Crippen LogP contribution in [0.3, 0.4) is 0 Å². The summed E-state index contributed by atoms with van der Waals surface area (Å²) in [6.45, 7) is 6.35. The van der Waals surface area contributed by atoms with Crippen LogP contribution < -0.4 is 10.6 Å². The van der Waals surface area contributed by atoms with Gasteiger partial charge in [0.1, 0.15) is 0 Å². The Kier molecular flexibility index (Phi) is 7.79. The number of urea groups is 1. The highest BCUT2D eigenvalue weighted by Crippen LogP contribution is 2.20. The van der Waals surface area contributed by atoms with Crippen LogP contribution >= 0.6 is 0 Å². The van der Waals surface area contributed by atoms with Crippen molar-refractivity contribution >= 4 is 11.7 Å². The van der Waals surface area contributed by atoms with Crippen LogP contribution in [0.15, 0.2) is 30.4 Å². The summed E-state index contributed by atoms with van der Waals surface area (Å²) in [5.41, 5.74) is 2.92. The highest BCUT2D eigenvalue weighted by molar-refractivity contribution is 5.90. The van der Waals surface area contributed by atoms with Crippen LogP contribution in [0.2, 0.25) is 0 Å². The van der Waals surface area contributed by atoms with E-state index in [0.717, 1.165) is 36.1 Å². The Balaban J connectivity index is 1.85. The molecular formula is C19H28N2O3. The van der Waals surface area contributed by atoms with Crippen molar-refractivity contribution in [3.8, 4) is 0 Å². The summed E-state index contributed by atoms with van der Waals surface area (Å²) < 4.78 is 10.9. The second-order valence-corrected chi connectivity index (χ2v) is 5.90. The average Bonchev–Trinajstić information content (AvgIpc) is 2.58. The van der Waals surface area contributed by atoms with Gasteiger partial charge in [0.05, 0.1) is 19.8 Å². The summed E-state index contributed by atoms with van der Waals surface area (Å²) in [5, 5.41) is 5.94. The van der Waals surface area contributed by atoms with Gasteiger partial charge in [-0.3, -0.25) is 0 Å². The predicted octanol–water partition coefficient (Wildman–Crippen LogP) is 3.78. The second kappa shape index (κ2) is 10.1. The van der Waals surface area contributed by atoms with Crippen LogP contribution in [0.25, 0.3) is 0 Å². The number of ether oxygens (including phenoxy) is 2. The fraction of sp³-hybridized carbons (Fsp3) is 0.526. The number of carbonyl (C=O) groups is 1. The summed E-state index contributed by atoms with van der Waals surface area (Å²) in [6.07, 6.45) is 7.41. The maximum absolute atomic E-state index is 12.2. The van der Waals surface area contributed by atoms with E-state index < -0.39 is 0 Å². The quantitative estimate of drug-likeness (QED) is 0.562. The molecule has 132 valence electrons. The highest BCUT2D eigenvalue weighted by atomic mass is 16.5. The van der Waals surface area contributed by atoms with E-state index in [1.165, 1.54) is 0 Å². The lowest BCUT2D eigenvalue weighted by Crippen LogP contribution is -2.37. The number of hydrogen-bond acceptors (Lipinski definition) is 3. The van der Waals surface area contributed by atoms with Gasteiger partial charge in [0.25, 0.3) is 0 Å². The third kappa shape index (κ3) is 5.98. The Morgan fingerprint density at radius 3 is 2.88 bits per heavy atom. The number of amides is 2. The zero-order valence-electron chi connectivity index (χ0n) is 14.6. The Hall–Kier alpha value is -1.85. The van der Waals surface area contributed by atoms with E-state index in [2.05, 4.69) is 22.8 Å². The van der Waals surface area contributed by atoms with Crippen molar-refractivity contribution in [1.82, 2.24) is 5.32 Å². The van der Waals surface area contributed by atoms with Gasteiger partial charge >= 0.3 is 6.03 Å². The standard InChI is InChI=1S/C19H28N2O3/c1-3-23-12-13-24-14-16-8-7-11-18(15(16)2)21-19(22)20-17-9-5-4-6-10-17/h5,7-9,11,17H,3-4,6,10,12-14H2,1-2H3,(H2,20,21,22)/t17-/m0/s1. The largest absolute Gasteiger partial charge is 0.379 e. The number of nitrogens with one attached hydrogen (secondary N) is 2. The van der Waals surface area contributed by atoms with Crippen molar-refractivity contribution in [2.75, 3.05) is 25.1 Å². The molecule has 0 radical (unpaired) electrons. The van der Waals surface area contributed by atoms with Gasteiger partial charge in [-0.1, -0.05) is 24.3 Å². The van der Waals surface area contributed by atoms with Gasteiger partial charge in [-0.25, -0.2) is 4.79 Å². The third-order valence-corrected chi connectivity index (χ3v) is 4.10. The van der Waals surface area contributed by atoms with E-state index >= 15 is 0 Å². The number of rotatable bonds is 8. The SMILES string of the molecule is CCOCCOCc1cccc(NC(=O)N[C@H]2C=CCCC2)c1C. The van der Waals surface area contributed by atoms with Crippen molar-refractivity contribution in [1.29, 1.82) is 0 Å². The molecule has 1 aromatic rings. The van der Waals surface area contributed by atoms with Gasteiger partial charge in [0.15, 0.2) is 0 Å². The van der Waals surface area contributed by atoms with Crippen LogP contribution in [0.5, 0.6) is 0 Å². The molecule has 1 aliphatic rings. The summed E-state index contributed by atoms with van der Waals surface area (Å²) in [4.78, 5) is 12.2. The molecule has 0 bridgehead atoms. The maximum atomic E-state index is 12.2. The molecule has 5 heteroatoms. The van der Waals surface area contributed by atoms with Gasteiger partial charge in [0.2, 0.25) is 0 Å². The maximum Gasteiger partial charge on any atom is 0.319 e. The molecule has 0 aliphatic heterocycles. The summed E-state index contributed by atoms with van der Waals surface area (Å²) in [6, 6.07) is 5.83. The van der Waals surface area contributed by atoms with Crippen LogP contribution in [-0.4, -0.2) is 31.9 Å². The van der Waals surface area contributed by atoms with Crippen molar-refractivity contribution in [3.63, 3.8) is 0 Å².